The molecule has 0 aliphatic heterocycles. The summed E-state index contributed by atoms with van der Waals surface area (Å²) in [5.74, 6) is 0.996. The zero-order valence-electron chi connectivity index (χ0n) is 17.4. The quantitative estimate of drug-likeness (QED) is 0.498. The third kappa shape index (κ3) is 4.84. The third-order valence-electron chi connectivity index (χ3n) is 5.15. The Morgan fingerprint density at radius 2 is 1.94 bits per heavy atom. The van der Waals surface area contributed by atoms with Gasteiger partial charge in [-0.2, -0.15) is 0 Å². The van der Waals surface area contributed by atoms with Gasteiger partial charge in [0.05, 0.1) is 16.3 Å². The molecule has 0 spiro atoms. The molecule has 4 rings (SSSR count). The molecule has 2 heterocycles. The molecule has 3 aromatic rings. The first kappa shape index (κ1) is 21.6. The number of carbonyl (C=O) groups is 1. The fourth-order valence-electron chi connectivity index (χ4n) is 3.43. The van der Waals surface area contributed by atoms with Crippen LogP contribution in [0.2, 0.25) is 0 Å². The average Bonchev–Trinajstić information content (AvgIpc) is 3.51. The van der Waals surface area contributed by atoms with E-state index in [4.69, 9.17) is 4.98 Å². The van der Waals surface area contributed by atoms with Gasteiger partial charge >= 0.3 is 0 Å². The molecule has 0 unspecified atom stereocenters. The first-order valence-corrected chi connectivity index (χ1v) is 12.5. The summed E-state index contributed by atoms with van der Waals surface area (Å²) in [6.45, 7) is 7.58. The van der Waals surface area contributed by atoms with E-state index in [2.05, 4.69) is 21.6 Å². The maximum Gasteiger partial charge on any atom is 0.266 e. The van der Waals surface area contributed by atoms with Gasteiger partial charge in [0.15, 0.2) is 0 Å². The second-order valence-corrected chi connectivity index (χ2v) is 10.5. The Hall–Kier alpha value is -2.62. The predicted octanol–water partition coefficient (Wildman–Crippen LogP) is 4.04. The first-order valence-electron chi connectivity index (χ1n) is 10.0. The molecule has 1 aromatic carbocycles. The van der Waals surface area contributed by atoms with Crippen LogP contribution in [-0.2, 0) is 15.8 Å². The minimum atomic E-state index is -3.43. The molecule has 2 N–H and O–H groups in total. The van der Waals surface area contributed by atoms with Crippen LogP contribution in [0.1, 0.15) is 51.1 Å². The number of nitrogens with one attached hydrogen (secondary N) is 2. The molecule has 0 bridgehead atoms. The normalized spacial score (nSPS) is 14.0. The van der Waals surface area contributed by atoms with E-state index in [1.54, 1.807) is 24.3 Å². The number of carbonyl (C=O) groups excluding carboxylic acids is 1. The minimum Gasteiger partial charge on any atom is -0.321 e. The third-order valence-corrected chi connectivity index (χ3v) is 7.66. The summed E-state index contributed by atoms with van der Waals surface area (Å²) in [6.07, 6.45) is 3.75. The van der Waals surface area contributed by atoms with Crippen molar-refractivity contribution < 1.29 is 13.2 Å². The molecule has 1 saturated carbocycles. The fraction of sp³-hybridized carbons (Fsp3) is 0.318. The summed E-state index contributed by atoms with van der Waals surface area (Å²) >= 11 is 1.38. The Bertz CT molecular complexity index is 1260. The molecule has 31 heavy (non-hydrogen) atoms. The van der Waals surface area contributed by atoms with Crippen molar-refractivity contribution in [3.8, 4) is 0 Å². The molecular weight excluding hydrogens is 432 g/mol. The predicted molar refractivity (Wildman–Crippen MR) is 124 cm³/mol. The van der Waals surface area contributed by atoms with Gasteiger partial charge in [-0.15, -0.1) is 17.9 Å². The molecule has 9 heteroatoms. The van der Waals surface area contributed by atoms with E-state index in [1.165, 1.54) is 17.4 Å². The van der Waals surface area contributed by atoms with E-state index in [9.17, 15) is 13.2 Å². The van der Waals surface area contributed by atoms with Crippen molar-refractivity contribution in [3.63, 3.8) is 0 Å². The number of hydrogen-bond acceptors (Lipinski definition) is 6. The summed E-state index contributed by atoms with van der Waals surface area (Å²) in [4.78, 5) is 23.7. The number of amides is 1. The van der Waals surface area contributed by atoms with Crippen molar-refractivity contribution in [2.45, 2.75) is 38.4 Å². The number of benzene rings is 1. The second kappa shape index (κ2) is 8.49. The van der Waals surface area contributed by atoms with Crippen LogP contribution >= 0.6 is 11.3 Å². The molecule has 1 aliphatic carbocycles. The zero-order chi connectivity index (χ0) is 22.2. The maximum atomic E-state index is 12.9. The summed E-state index contributed by atoms with van der Waals surface area (Å²) in [6, 6.07) is 6.79. The van der Waals surface area contributed by atoms with Gasteiger partial charge in [0.1, 0.15) is 10.7 Å². The standard InChI is InChI=1S/C22H24N4O3S2/c1-4-11-23-31(28,29)12-15-5-9-17(10-6-15)25-21(27)19-13(2)18-14(3)24-20(16-7-8-16)26-22(18)30-19/h4-6,9-10,16,23H,1,7-8,11-12H2,2-3H3,(H,25,27). The van der Waals surface area contributed by atoms with Crippen molar-refractivity contribution in [3.05, 3.63) is 64.4 Å². The van der Waals surface area contributed by atoms with E-state index in [0.29, 0.717) is 22.0 Å². The summed E-state index contributed by atoms with van der Waals surface area (Å²) in [5.41, 5.74) is 3.03. The summed E-state index contributed by atoms with van der Waals surface area (Å²) in [7, 11) is -3.43. The van der Waals surface area contributed by atoms with Gasteiger partial charge in [0.25, 0.3) is 5.91 Å². The molecule has 1 fully saturated rings. The highest BCUT2D eigenvalue weighted by Gasteiger charge is 2.28. The van der Waals surface area contributed by atoms with Gasteiger partial charge in [-0.1, -0.05) is 18.2 Å². The lowest BCUT2D eigenvalue weighted by molar-refractivity contribution is 0.103. The van der Waals surface area contributed by atoms with E-state index < -0.39 is 10.0 Å². The number of anilines is 1. The topological polar surface area (TPSA) is 101 Å². The van der Waals surface area contributed by atoms with Gasteiger partial charge < -0.3 is 5.32 Å². The highest BCUT2D eigenvalue weighted by atomic mass is 32.2. The number of sulfonamides is 1. The van der Waals surface area contributed by atoms with Crippen molar-refractivity contribution in [1.82, 2.24) is 14.7 Å². The second-order valence-electron chi connectivity index (χ2n) is 7.73. The molecule has 0 saturated heterocycles. The van der Waals surface area contributed by atoms with Crippen molar-refractivity contribution in [2.75, 3.05) is 11.9 Å². The smallest absolute Gasteiger partial charge is 0.266 e. The number of aromatic nitrogens is 2. The van der Waals surface area contributed by atoms with Gasteiger partial charge in [0, 0.05) is 23.5 Å². The monoisotopic (exact) mass is 456 g/mol. The molecule has 1 amide bonds. The molecular formula is C22H24N4O3S2. The van der Waals surface area contributed by atoms with Crippen LogP contribution in [0.15, 0.2) is 36.9 Å². The number of thiophene rings is 1. The van der Waals surface area contributed by atoms with Crippen LogP contribution in [0.3, 0.4) is 0 Å². The molecule has 2 aromatic heterocycles. The van der Waals surface area contributed by atoms with Gasteiger partial charge in [-0.05, 0) is 49.9 Å². The van der Waals surface area contributed by atoms with Gasteiger partial charge in [-0.3, -0.25) is 4.79 Å². The van der Waals surface area contributed by atoms with Crippen molar-refractivity contribution in [1.29, 1.82) is 0 Å². The molecule has 0 atom stereocenters. The molecule has 7 nitrogen and oxygen atoms in total. The van der Waals surface area contributed by atoms with E-state index in [-0.39, 0.29) is 18.2 Å². The van der Waals surface area contributed by atoms with Gasteiger partial charge in [-0.25, -0.2) is 23.1 Å². The van der Waals surface area contributed by atoms with Crippen molar-refractivity contribution >= 4 is 43.2 Å². The molecule has 162 valence electrons. The number of hydrogen-bond donors (Lipinski definition) is 2. The average molecular weight is 457 g/mol. The van der Waals surface area contributed by atoms with Crippen LogP contribution < -0.4 is 10.0 Å². The van der Waals surface area contributed by atoms with Crippen LogP contribution in [0.25, 0.3) is 10.2 Å². The van der Waals surface area contributed by atoms with E-state index in [1.807, 2.05) is 13.8 Å². The Morgan fingerprint density at radius 3 is 2.58 bits per heavy atom. The lowest BCUT2D eigenvalue weighted by atomic mass is 10.1. The lowest BCUT2D eigenvalue weighted by Crippen LogP contribution is -2.25. The Morgan fingerprint density at radius 1 is 1.23 bits per heavy atom. The SMILES string of the molecule is C=CCNS(=O)(=O)Cc1ccc(NC(=O)c2sc3nc(C4CC4)nc(C)c3c2C)cc1. The Balaban J connectivity index is 1.50. The van der Waals surface area contributed by atoms with E-state index >= 15 is 0 Å². The number of nitrogens with zero attached hydrogens (tertiary/aromatic N) is 2. The highest BCUT2D eigenvalue weighted by Crippen LogP contribution is 2.40. The fourth-order valence-corrected chi connectivity index (χ4v) is 5.67. The Labute approximate surface area is 185 Å². The highest BCUT2D eigenvalue weighted by molar-refractivity contribution is 7.88. The molecule has 0 radical (unpaired) electrons. The number of aryl methyl sites for hydroxylation is 2. The van der Waals surface area contributed by atoms with Crippen molar-refractivity contribution in [2.24, 2.45) is 0 Å². The summed E-state index contributed by atoms with van der Waals surface area (Å²) in [5, 5.41) is 3.85. The first-order chi connectivity index (χ1) is 14.8. The zero-order valence-corrected chi connectivity index (χ0v) is 19.1. The van der Waals surface area contributed by atoms with E-state index in [0.717, 1.165) is 40.1 Å². The van der Waals surface area contributed by atoms with Crippen LogP contribution in [-0.4, -0.2) is 30.8 Å². The number of rotatable bonds is 8. The Kier molecular flexibility index (Phi) is 5.92. The van der Waals surface area contributed by atoms with Crippen LogP contribution in [0.4, 0.5) is 5.69 Å². The van der Waals surface area contributed by atoms with Crippen LogP contribution in [0.5, 0.6) is 0 Å². The largest absolute Gasteiger partial charge is 0.321 e. The number of fused-ring (bicyclic) bond motifs is 1. The maximum absolute atomic E-state index is 12.9. The lowest BCUT2D eigenvalue weighted by Gasteiger charge is -2.07. The van der Waals surface area contributed by atoms with Gasteiger partial charge in [0.2, 0.25) is 10.0 Å². The van der Waals surface area contributed by atoms with Crippen LogP contribution in [0, 0.1) is 13.8 Å². The summed E-state index contributed by atoms with van der Waals surface area (Å²) < 4.78 is 26.4. The molecule has 1 aliphatic rings. The minimum absolute atomic E-state index is 0.133.